The van der Waals surface area contributed by atoms with Crippen molar-refractivity contribution >= 4 is 23.6 Å². The van der Waals surface area contributed by atoms with E-state index < -0.39 is 17.9 Å². The van der Waals surface area contributed by atoms with Gasteiger partial charge in [-0.25, -0.2) is 0 Å². The van der Waals surface area contributed by atoms with Crippen LogP contribution in [0.2, 0.25) is 0 Å². The number of nitrogens with one attached hydrogen (secondary N) is 1. The van der Waals surface area contributed by atoms with Gasteiger partial charge in [0.25, 0.3) is 0 Å². The first-order valence-electron chi connectivity index (χ1n) is 5.85. The van der Waals surface area contributed by atoms with Crippen molar-refractivity contribution in [2.24, 2.45) is 5.73 Å². The summed E-state index contributed by atoms with van der Waals surface area (Å²) in [6.07, 6.45) is 1.62. The number of carboxylic acid groups (broad SMARTS) is 1. The maximum absolute atomic E-state index is 11.7. The molecule has 1 rings (SSSR count). The van der Waals surface area contributed by atoms with Gasteiger partial charge in [-0.2, -0.15) is 0 Å². The number of benzene rings is 1. The Balaban J connectivity index is 2.60. The molecule has 0 saturated heterocycles. The summed E-state index contributed by atoms with van der Waals surface area (Å²) in [4.78, 5) is 23.3. The zero-order chi connectivity index (χ0) is 14.4. The van der Waals surface area contributed by atoms with Gasteiger partial charge in [-0.3, -0.25) is 9.59 Å². The molecular weight excluding hydrogens is 264 g/mol. The van der Waals surface area contributed by atoms with Gasteiger partial charge in [-0.05, 0) is 30.9 Å². The highest BCUT2D eigenvalue weighted by Crippen LogP contribution is 2.18. The number of carbonyl (C=O) groups excluding carboxylic acids is 1. The van der Waals surface area contributed by atoms with Gasteiger partial charge >= 0.3 is 5.97 Å². The number of hydrogen-bond acceptors (Lipinski definition) is 4. The smallest absolute Gasteiger partial charge is 0.305 e. The fourth-order valence-electron chi connectivity index (χ4n) is 1.58. The number of rotatable bonds is 6. The van der Waals surface area contributed by atoms with Crippen molar-refractivity contribution in [1.82, 2.24) is 5.32 Å². The Kier molecular flexibility index (Phi) is 5.85. The molecule has 5 nitrogen and oxygen atoms in total. The molecule has 0 radical (unpaired) electrons. The van der Waals surface area contributed by atoms with Crippen LogP contribution in [0.25, 0.3) is 0 Å². The normalized spacial score (nSPS) is 13.6. The van der Waals surface area contributed by atoms with Gasteiger partial charge in [0, 0.05) is 4.90 Å². The van der Waals surface area contributed by atoms with Gasteiger partial charge in [0.2, 0.25) is 5.91 Å². The molecule has 1 amide bonds. The Labute approximate surface area is 116 Å². The first-order chi connectivity index (χ1) is 8.93. The SMILES string of the molecule is CSc1ccc(C(C)NC(=O)C(N)CC(=O)O)cc1. The van der Waals surface area contributed by atoms with Crippen molar-refractivity contribution in [3.8, 4) is 0 Å². The van der Waals surface area contributed by atoms with E-state index in [-0.39, 0.29) is 12.5 Å². The second-order valence-electron chi connectivity index (χ2n) is 4.21. The molecule has 0 bridgehead atoms. The third-order valence-corrected chi connectivity index (χ3v) is 3.45. The summed E-state index contributed by atoms with van der Waals surface area (Å²) in [6.45, 7) is 1.83. The second kappa shape index (κ2) is 7.16. The van der Waals surface area contributed by atoms with Gasteiger partial charge in [0.15, 0.2) is 0 Å². The number of thioether (sulfide) groups is 1. The number of carbonyl (C=O) groups is 2. The predicted molar refractivity (Wildman–Crippen MR) is 75.0 cm³/mol. The van der Waals surface area contributed by atoms with Crippen LogP contribution in [0.1, 0.15) is 24.9 Å². The van der Waals surface area contributed by atoms with Crippen LogP contribution in [-0.2, 0) is 9.59 Å². The van der Waals surface area contributed by atoms with Crippen LogP contribution in [0.4, 0.5) is 0 Å². The van der Waals surface area contributed by atoms with E-state index in [1.165, 1.54) is 0 Å². The third-order valence-electron chi connectivity index (χ3n) is 2.71. The van der Waals surface area contributed by atoms with Crippen LogP contribution in [0.5, 0.6) is 0 Å². The van der Waals surface area contributed by atoms with E-state index in [1.54, 1.807) is 11.8 Å². The summed E-state index contributed by atoms with van der Waals surface area (Å²) in [6, 6.07) is 6.58. The topological polar surface area (TPSA) is 92.4 Å². The minimum absolute atomic E-state index is 0.205. The molecule has 4 N–H and O–H groups in total. The molecule has 0 saturated carbocycles. The first kappa shape index (κ1) is 15.5. The van der Waals surface area contributed by atoms with Crippen molar-refractivity contribution in [2.75, 3.05) is 6.26 Å². The molecule has 6 heteroatoms. The molecule has 0 aliphatic carbocycles. The molecule has 0 aliphatic rings. The Bertz CT molecular complexity index is 448. The Hall–Kier alpha value is -1.53. The van der Waals surface area contributed by atoms with Crippen LogP contribution in [0.3, 0.4) is 0 Å². The molecule has 19 heavy (non-hydrogen) atoms. The lowest BCUT2D eigenvalue weighted by atomic mass is 10.1. The van der Waals surface area contributed by atoms with Gasteiger partial charge in [0.1, 0.15) is 0 Å². The van der Waals surface area contributed by atoms with Crippen molar-refractivity contribution in [3.63, 3.8) is 0 Å². The van der Waals surface area contributed by atoms with Crippen molar-refractivity contribution < 1.29 is 14.7 Å². The van der Waals surface area contributed by atoms with Crippen LogP contribution in [-0.4, -0.2) is 29.3 Å². The third kappa shape index (κ3) is 4.92. The first-order valence-corrected chi connectivity index (χ1v) is 7.08. The second-order valence-corrected chi connectivity index (χ2v) is 5.09. The van der Waals surface area contributed by atoms with E-state index in [2.05, 4.69) is 5.32 Å². The van der Waals surface area contributed by atoms with E-state index in [0.29, 0.717) is 0 Å². The molecular formula is C13H18N2O3S. The average Bonchev–Trinajstić information content (AvgIpc) is 2.37. The summed E-state index contributed by atoms with van der Waals surface area (Å²) in [7, 11) is 0. The number of nitrogens with two attached hydrogens (primary N) is 1. The molecule has 2 unspecified atom stereocenters. The van der Waals surface area contributed by atoms with Crippen molar-refractivity contribution in [2.45, 2.75) is 30.3 Å². The summed E-state index contributed by atoms with van der Waals surface area (Å²) in [5.41, 5.74) is 6.45. The highest BCUT2D eigenvalue weighted by Gasteiger charge is 2.19. The monoisotopic (exact) mass is 282 g/mol. The molecule has 104 valence electrons. The number of hydrogen-bond donors (Lipinski definition) is 3. The lowest BCUT2D eigenvalue weighted by molar-refractivity contribution is -0.139. The van der Waals surface area contributed by atoms with E-state index in [1.807, 2.05) is 37.4 Å². The summed E-state index contributed by atoms with van der Waals surface area (Å²) in [5, 5.41) is 11.3. The zero-order valence-electron chi connectivity index (χ0n) is 10.9. The van der Waals surface area contributed by atoms with Crippen molar-refractivity contribution in [3.05, 3.63) is 29.8 Å². The van der Waals surface area contributed by atoms with Crippen LogP contribution >= 0.6 is 11.8 Å². The van der Waals surface area contributed by atoms with Gasteiger partial charge in [-0.15, -0.1) is 11.8 Å². The van der Waals surface area contributed by atoms with Crippen molar-refractivity contribution in [1.29, 1.82) is 0 Å². The van der Waals surface area contributed by atoms with Gasteiger partial charge < -0.3 is 16.2 Å². The number of carboxylic acids is 1. The lowest BCUT2D eigenvalue weighted by Crippen LogP contribution is -2.42. The highest BCUT2D eigenvalue weighted by atomic mass is 32.2. The molecule has 0 heterocycles. The maximum atomic E-state index is 11.7. The van der Waals surface area contributed by atoms with E-state index in [9.17, 15) is 9.59 Å². The standard InChI is InChI=1S/C13H18N2O3S/c1-8(9-3-5-10(19-2)6-4-9)15-13(18)11(14)7-12(16)17/h3-6,8,11H,7,14H2,1-2H3,(H,15,18)(H,16,17). The fraction of sp³-hybridized carbons (Fsp3) is 0.385. The summed E-state index contributed by atoms with van der Waals surface area (Å²) < 4.78 is 0. The lowest BCUT2D eigenvalue weighted by Gasteiger charge is -2.17. The largest absolute Gasteiger partial charge is 0.481 e. The van der Waals surface area contributed by atoms with Gasteiger partial charge in [-0.1, -0.05) is 12.1 Å². The van der Waals surface area contributed by atoms with Crippen LogP contribution < -0.4 is 11.1 Å². The van der Waals surface area contributed by atoms with E-state index in [0.717, 1.165) is 10.5 Å². The molecule has 0 aliphatic heterocycles. The maximum Gasteiger partial charge on any atom is 0.305 e. The van der Waals surface area contributed by atoms with E-state index >= 15 is 0 Å². The summed E-state index contributed by atoms with van der Waals surface area (Å²) >= 11 is 1.64. The van der Waals surface area contributed by atoms with Crippen LogP contribution in [0.15, 0.2) is 29.2 Å². The Morgan fingerprint density at radius 2 is 1.95 bits per heavy atom. The number of amides is 1. The zero-order valence-corrected chi connectivity index (χ0v) is 11.7. The fourth-order valence-corrected chi connectivity index (χ4v) is 1.99. The predicted octanol–water partition coefficient (Wildman–Crippen LogP) is 1.39. The van der Waals surface area contributed by atoms with Crippen LogP contribution in [0, 0.1) is 0 Å². The number of aliphatic carboxylic acids is 1. The molecule has 0 fully saturated rings. The minimum Gasteiger partial charge on any atom is -0.481 e. The van der Waals surface area contributed by atoms with Gasteiger partial charge in [0.05, 0.1) is 18.5 Å². The van der Waals surface area contributed by atoms with E-state index in [4.69, 9.17) is 10.8 Å². The Morgan fingerprint density at radius 1 is 1.37 bits per heavy atom. The molecule has 1 aromatic carbocycles. The minimum atomic E-state index is -1.08. The average molecular weight is 282 g/mol. The molecule has 0 aromatic heterocycles. The molecule has 1 aromatic rings. The molecule has 2 atom stereocenters. The quantitative estimate of drug-likeness (QED) is 0.686. The highest BCUT2D eigenvalue weighted by molar-refractivity contribution is 7.98. The Morgan fingerprint density at radius 3 is 2.42 bits per heavy atom. The summed E-state index contributed by atoms with van der Waals surface area (Å²) in [5.74, 6) is -1.54. The molecule has 0 spiro atoms.